The third-order valence-corrected chi connectivity index (χ3v) is 3.16. The fraction of sp³-hybridized carbons (Fsp3) is 0.500. The summed E-state index contributed by atoms with van der Waals surface area (Å²) < 4.78 is 0. The van der Waals surface area contributed by atoms with E-state index in [1.165, 1.54) is 11.1 Å². The van der Waals surface area contributed by atoms with Crippen LogP contribution in [0.1, 0.15) is 36.8 Å². The Morgan fingerprint density at radius 3 is 2.92 bits per heavy atom. The van der Waals surface area contributed by atoms with Gasteiger partial charge in [0.05, 0.1) is 0 Å². The molecule has 13 heavy (non-hydrogen) atoms. The summed E-state index contributed by atoms with van der Waals surface area (Å²) >= 11 is 0. The Labute approximate surface area is 80.0 Å². The molecule has 0 aliphatic heterocycles. The molecule has 0 amide bonds. The summed E-state index contributed by atoms with van der Waals surface area (Å²) in [5, 5.41) is 0. The van der Waals surface area contributed by atoms with Crippen LogP contribution in [0.4, 0.5) is 0 Å². The maximum Gasteiger partial charge on any atom is 0.0111 e. The van der Waals surface area contributed by atoms with E-state index in [-0.39, 0.29) is 0 Å². The van der Waals surface area contributed by atoms with E-state index in [0.29, 0.717) is 12.0 Å². The normalized spacial score (nSPS) is 26.9. The first-order valence-corrected chi connectivity index (χ1v) is 5.16. The van der Waals surface area contributed by atoms with Crippen molar-refractivity contribution in [3.05, 3.63) is 35.4 Å². The highest BCUT2D eigenvalue weighted by Gasteiger charge is 2.24. The third-order valence-electron chi connectivity index (χ3n) is 3.16. The Balaban J connectivity index is 2.39. The lowest BCUT2D eigenvalue weighted by molar-refractivity contribution is 0.460. The van der Waals surface area contributed by atoms with Gasteiger partial charge in [-0.15, -0.1) is 0 Å². The molecule has 2 atom stereocenters. The highest BCUT2D eigenvalue weighted by Crippen LogP contribution is 2.32. The first-order valence-electron chi connectivity index (χ1n) is 5.16. The molecule has 2 unspecified atom stereocenters. The van der Waals surface area contributed by atoms with Crippen LogP contribution in [0.15, 0.2) is 24.3 Å². The van der Waals surface area contributed by atoms with Crippen molar-refractivity contribution >= 4 is 0 Å². The summed E-state index contributed by atoms with van der Waals surface area (Å²) in [5.41, 5.74) is 9.10. The first kappa shape index (κ1) is 8.76. The number of fused-ring (bicyclic) bond motifs is 1. The van der Waals surface area contributed by atoms with Crippen LogP contribution in [0.3, 0.4) is 0 Å². The maximum absolute atomic E-state index is 6.10. The predicted molar refractivity (Wildman–Crippen MR) is 55.8 cm³/mol. The second-order valence-electron chi connectivity index (χ2n) is 3.92. The highest BCUT2D eigenvalue weighted by molar-refractivity contribution is 5.34. The Bertz CT molecular complexity index is 293. The van der Waals surface area contributed by atoms with Crippen molar-refractivity contribution in [2.45, 2.75) is 38.1 Å². The average molecular weight is 175 g/mol. The van der Waals surface area contributed by atoms with E-state index < -0.39 is 0 Å². The van der Waals surface area contributed by atoms with Gasteiger partial charge in [0.25, 0.3) is 0 Å². The van der Waals surface area contributed by atoms with Gasteiger partial charge in [-0.2, -0.15) is 0 Å². The van der Waals surface area contributed by atoms with Gasteiger partial charge in [-0.3, -0.25) is 0 Å². The Hall–Kier alpha value is -0.820. The van der Waals surface area contributed by atoms with Gasteiger partial charge in [0, 0.05) is 6.04 Å². The molecule has 2 N–H and O–H groups in total. The lowest BCUT2D eigenvalue weighted by atomic mass is 9.78. The van der Waals surface area contributed by atoms with Crippen molar-refractivity contribution in [1.82, 2.24) is 0 Å². The van der Waals surface area contributed by atoms with Crippen molar-refractivity contribution in [3.8, 4) is 0 Å². The van der Waals surface area contributed by atoms with Gasteiger partial charge in [0.1, 0.15) is 0 Å². The summed E-state index contributed by atoms with van der Waals surface area (Å²) in [6.45, 7) is 2.23. The number of hydrogen-bond donors (Lipinski definition) is 1. The molecule has 2 rings (SSSR count). The number of benzene rings is 1. The van der Waals surface area contributed by atoms with E-state index >= 15 is 0 Å². The Morgan fingerprint density at radius 2 is 2.15 bits per heavy atom. The smallest absolute Gasteiger partial charge is 0.0111 e. The van der Waals surface area contributed by atoms with E-state index in [4.69, 9.17) is 5.73 Å². The van der Waals surface area contributed by atoms with E-state index in [1.807, 2.05) is 0 Å². The molecule has 0 spiro atoms. The molecule has 0 bridgehead atoms. The number of nitrogens with two attached hydrogens (primary N) is 1. The van der Waals surface area contributed by atoms with Crippen LogP contribution >= 0.6 is 0 Å². The molecule has 0 fully saturated rings. The van der Waals surface area contributed by atoms with Gasteiger partial charge >= 0.3 is 0 Å². The summed E-state index contributed by atoms with van der Waals surface area (Å²) in [6.07, 6.45) is 3.47. The van der Waals surface area contributed by atoms with Crippen molar-refractivity contribution < 1.29 is 0 Å². The topological polar surface area (TPSA) is 26.0 Å². The monoisotopic (exact) mass is 175 g/mol. The summed E-state index contributed by atoms with van der Waals surface area (Å²) in [6, 6.07) is 9.11. The third kappa shape index (κ3) is 1.49. The Kier molecular flexibility index (Phi) is 2.36. The zero-order chi connectivity index (χ0) is 9.26. The fourth-order valence-corrected chi connectivity index (χ4v) is 2.40. The van der Waals surface area contributed by atoms with Gasteiger partial charge < -0.3 is 5.73 Å². The minimum atomic E-state index is 0.375. The highest BCUT2D eigenvalue weighted by atomic mass is 14.7. The summed E-state index contributed by atoms with van der Waals surface area (Å²) in [5.74, 6) is 0.588. The van der Waals surface area contributed by atoms with Crippen LogP contribution < -0.4 is 5.73 Å². The maximum atomic E-state index is 6.10. The molecular weight excluding hydrogens is 158 g/mol. The molecule has 0 heterocycles. The number of hydrogen-bond acceptors (Lipinski definition) is 1. The van der Waals surface area contributed by atoms with Crippen molar-refractivity contribution in [1.29, 1.82) is 0 Å². The average Bonchev–Trinajstić information content (AvgIpc) is 2.18. The van der Waals surface area contributed by atoms with E-state index in [9.17, 15) is 0 Å². The van der Waals surface area contributed by atoms with Gasteiger partial charge in [-0.05, 0) is 36.3 Å². The molecule has 1 heteroatoms. The molecule has 1 nitrogen and oxygen atoms in total. The van der Waals surface area contributed by atoms with Gasteiger partial charge in [0.2, 0.25) is 0 Å². The van der Waals surface area contributed by atoms with Crippen LogP contribution in [0.25, 0.3) is 0 Å². The van der Waals surface area contributed by atoms with Crippen LogP contribution in [-0.2, 0) is 6.42 Å². The van der Waals surface area contributed by atoms with E-state index in [1.54, 1.807) is 0 Å². The molecule has 70 valence electrons. The van der Waals surface area contributed by atoms with Crippen LogP contribution in [0.2, 0.25) is 0 Å². The fourth-order valence-electron chi connectivity index (χ4n) is 2.40. The summed E-state index contributed by atoms with van der Waals surface area (Å²) in [4.78, 5) is 0. The first-order chi connectivity index (χ1) is 6.33. The van der Waals surface area contributed by atoms with Crippen LogP contribution in [-0.4, -0.2) is 6.04 Å². The number of rotatable bonds is 1. The van der Waals surface area contributed by atoms with Crippen LogP contribution in [0, 0.1) is 0 Å². The quantitative estimate of drug-likeness (QED) is 0.697. The zero-order valence-corrected chi connectivity index (χ0v) is 8.16. The largest absolute Gasteiger partial charge is 0.327 e. The number of aryl methyl sites for hydroxylation is 1. The molecule has 1 aliphatic rings. The minimum absolute atomic E-state index is 0.375. The molecule has 1 aromatic carbocycles. The second-order valence-corrected chi connectivity index (χ2v) is 3.92. The lowest BCUT2D eigenvalue weighted by Crippen LogP contribution is -2.32. The van der Waals surface area contributed by atoms with Crippen molar-refractivity contribution in [2.75, 3.05) is 0 Å². The van der Waals surface area contributed by atoms with Crippen molar-refractivity contribution in [3.63, 3.8) is 0 Å². The lowest BCUT2D eigenvalue weighted by Gasteiger charge is -2.30. The van der Waals surface area contributed by atoms with E-state index in [0.717, 1.165) is 19.3 Å². The molecule has 1 aliphatic carbocycles. The standard InChI is InChI=1S/C12H17N/c1-2-10-11-6-4-3-5-9(11)7-8-12(10)13/h3-6,10,12H,2,7-8,13H2,1H3. The minimum Gasteiger partial charge on any atom is -0.327 e. The Morgan fingerprint density at radius 1 is 1.38 bits per heavy atom. The molecule has 1 aromatic rings. The zero-order valence-electron chi connectivity index (χ0n) is 8.16. The van der Waals surface area contributed by atoms with Gasteiger partial charge in [0.15, 0.2) is 0 Å². The SMILES string of the molecule is CCC1c2ccccc2CCC1N. The van der Waals surface area contributed by atoms with E-state index in [2.05, 4.69) is 31.2 Å². The van der Waals surface area contributed by atoms with Gasteiger partial charge in [-0.25, -0.2) is 0 Å². The predicted octanol–water partition coefficient (Wildman–Crippen LogP) is 2.45. The molecule has 0 aromatic heterocycles. The molecule has 0 saturated heterocycles. The second kappa shape index (κ2) is 3.51. The molecular formula is C12H17N. The molecule has 0 saturated carbocycles. The van der Waals surface area contributed by atoms with Crippen LogP contribution in [0.5, 0.6) is 0 Å². The summed E-state index contributed by atoms with van der Waals surface area (Å²) in [7, 11) is 0. The van der Waals surface area contributed by atoms with Crippen molar-refractivity contribution in [2.24, 2.45) is 5.73 Å². The van der Waals surface area contributed by atoms with Gasteiger partial charge in [-0.1, -0.05) is 31.2 Å². The molecule has 0 radical (unpaired) electrons.